The maximum absolute atomic E-state index is 14.3. The number of para-hydroxylation sites is 2. The number of fused-ring (bicyclic) bond motifs is 8. The molecule has 8 rings (SSSR count). The van der Waals surface area contributed by atoms with Crippen molar-refractivity contribution in [2.24, 2.45) is 64.1 Å². The van der Waals surface area contributed by atoms with E-state index in [1.165, 1.54) is 5.57 Å². The summed E-state index contributed by atoms with van der Waals surface area (Å²) in [6.45, 7) is 17.0. The molecule has 1 aromatic heterocycles. The maximum Gasteiger partial charge on any atom is 0.309 e. The van der Waals surface area contributed by atoms with Crippen LogP contribution in [0.2, 0.25) is 0 Å². The molecule has 11 heteroatoms. The number of nitrogens with one attached hydrogen (secondary N) is 3. The second-order valence-corrected chi connectivity index (χ2v) is 20.2. The van der Waals surface area contributed by atoms with Gasteiger partial charge >= 0.3 is 5.97 Å². The minimum atomic E-state index is -1.26. The van der Waals surface area contributed by atoms with Crippen LogP contribution in [0.5, 0.6) is 0 Å². The summed E-state index contributed by atoms with van der Waals surface area (Å²) in [6.07, 6.45) is 9.56. The molecule has 6 aliphatic carbocycles. The number of ether oxygens (including phenoxy) is 1. The summed E-state index contributed by atoms with van der Waals surface area (Å²) in [4.78, 5) is 73.9. The number of aromatic amines is 1. The van der Waals surface area contributed by atoms with Gasteiger partial charge < -0.3 is 30.3 Å². The number of ketones is 1. The third-order valence-electron chi connectivity index (χ3n) is 16.7. The van der Waals surface area contributed by atoms with E-state index in [-0.39, 0.29) is 82.3 Å². The summed E-state index contributed by atoms with van der Waals surface area (Å²) in [5.74, 6) is 1.17. The van der Waals surface area contributed by atoms with Crippen molar-refractivity contribution >= 4 is 40.9 Å². The molecular formula is C47H66N4O7. The van der Waals surface area contributed by atoms with Crippen LogP contribution in [-0.2, 0) is 23.9 Å². The highest BCUT2D eigenvalue weighted by Gasteiger charge is 2.65. The van der Waals surface area contributed by atoms with Crippen LogP contribution in [0, 0.1) is 64.1 Å². The van der Waals surface area contributed by atoms with Crippen LogP contribution in [0.25, 0.3) is 11.0 Å². The molecule has 0 saturated heterocycles. The van der Waals surface area contributed by atoms with Gasteiger partial charge in [-0.05, 0) is 147 Å². The van der Waals surface area contributed by atoms with Gasteiger partial charge in [-0.15, -0.1) is 0 Å². The topological polar surface area (TPSA) is 168 Å². The normalized spacial score (nSPS) is 37.9. The van der Waals surface area contributed by atoms with Gasteiger partial charge in [0.05, 0.1) is 22.5 Å². The van der Waals surface area contributed by atoms with Gasteiger partial charge in [-0.25, -0.2) is 4.98 Å². The molecule has 5 saturated carbocycles. The minimum absolute atomic E-state index is 0.0318. The minimum Gasteiger partial charge on any atom is -0.462 e. The fourth-order valence-electron chi connectivity index (χ4n) is 13.6. The van der Waals surface area contributed by atoms with Crippen molar-refractivity contribution in [2.75, 3.05) is 7.11 Å². The number of aliphatic hydroxyl groups excluding tert-OH is 1. The first-order chi connectivity index (χ1) is 27.4. The zero-order valence-corrected chi connectivity index (χ0v) is 36.1. The summed E-state index contributed by atoms with van der Waals surface area (Å²) >= 11 is 0. The molecule has 1 heterocycles. The van der Waals surface area contributed by atoms with Gasteiger partial charge in [0.15, 0.2) is 11.6 Å². The number of aldehydes is 1. The first-order valence-electron chi connectivity index (χ1n) is 21.9. The molecule has 11 nitrogen and oxygen atoms in total. The lowest BCUT2D eigenvalue weighted by molar-refractivity contribution is -0.195. The number of carbonyl (C=O) groups excluding carboxylic acids is 5. The lowest BCUT2D eigenvalue weighted by Crippen LogP contribution is -2.65. The standard InChI is InChI=1S/C46H62N4O6.CH4O/c1-24(2)37-34(52)22-46(50-42(55)43(5,6)49-40(53)39-47-32-11-9-10-12-33(32)48-39)20-16-31-28(38(37)46)13-14-36-44(7)19-17-35(26(4)30(44)15-18-45(31,36)8)56-41(54)29-21-27(23-51)25(29)3;1-2/h9-12,23-31,35-36H,13-22H2,1-8H3,(H,47,48)(H,49,53)(H,50,55);2H,1H3. The SMILES string of the molecule is CC(C)C1=C2C3CCC4C(C)(CCC5C(C)C(OC(=O)C6CC(C=O)C6C)CCC54C)C3CCC2(NC(=O)C(C)(C)NC(=O)c2nc3ccccc3[nH]2)CC1=O.CO. The van der Waals surface area contributed by atoms with E-state index in [1.807, 2.05) is 31.2 Å². The molecule has 0 radical (unpaired) electrons. The van der Waals surface area contributed by atoms with Gasteiger partial charge in [-0.2, -0.15) is 0 Å². The largest absolute Gasteiger partial charge is 0.462 e. The number of carbonyl (C=O) groups is 5. The van der Waals surface area contributed by atoms with Gasteiger partial charge in [0.2, 0.25) is 5.91 Å². The number of imidazole rings is 1. The molecule has 6 aliphatic rings. The molecule has 58 heavy (non-hydrogen) atoms. The van der Waals surface area contributed by atoms with E-state index in [4.69, 9.17) is 9.84 Å². The van der Waals surface area contributed by atoms with Crippen molar-refractivity contribution in [2.45, 2.75) is 137 Å². The Balaban J connectivity index is 0.00000252. The highest BCUT2D eigenvalue weighted by molar-refractivity contribution is 6.03. The highest BCUT2D eigenvalue weighted by Crippen LogP contribution is 2.70. The van der Waals surface area contributed by atoms with E-state index < -0.39 is 17.0 Å². The number of allylic oxidation sites excluding steroid dienone is 1. The van der Waals surface area contributed by atoms with Crippen LogP contribution in [-0.4, -0.2) is 69.2 Å². The number of H-pyrrole nitrogens is 1. The summed E-state index contributed by atoms with van der Waals surface area (Å²) in [6, 6.07) is 7.43. The molecule has 5 fully saturated rings. The van der Waals surface area contributed by atoms with E-state index in [1.54, 1.807) is 13.8 Å². The Hall–Kier alpha value is -3.86. The van der Waals surface area contributed by atoms with Crippen molar-refractivity contribution in [3.63, 3.8) is 0 Å². The van der Waals surface area contributed by atoms with Crippen molar-refractivity contribution < 1.29 is 33.8 Å². The van der Waals surface area contributed by atoms with Crippen molar-refractivity contribution in [3.8, 4) is 0 Å². The number of hydrogen-bond acceptors (Lipinski definition) is 8. The number of aliphatic hydroxyl groups is 1. The van der Waals surface area contributed by atoms with E-state index in [9.17, 15) is 24.0 Å². The van der Waals surface area contributed by atoms with Crippen LogP contribution in [0.1, 0.15) is 130 Å². The Kier molecular flexibility index (Phi) is 11.2. The van der Waals surface area contributed by atoms with E-state index in [2.05, 4.69) is 55.2 Å². The van der Waals surface area contributed by atoms with Gasteiger partial charge in [0.1, 0.15) is 17.9 Å². The Bertz CT molecular complexity index is 1970. The summed E-state index contributed by atoms with van der Waals surface area (Å²) in [5, 5.41) is 13.4. The zero-order chi connectivity index (χ0) is 42.1. The smallest absolute Gasteiger partial charge is 0.309 e. The fourth-order valence-corrected chi connectivity index (χ4v) is 13.6. The molecular weight excluding hydrogens is 733 g/mol. The molecule has 0 aliphatic heterocycles. The van der Waals surface area contributed by atoms with Gasteiger partial charge in [0, 0.05) is 19.4 Å². The second-order valence-electron chi connectivity index (χ2n) is 20.2. The van der Waals surface area contributed by atoms with E-state index in [0.717, 1.165) is 69.4 Å². The molecule has 0 spiro atoms. The molecule has 12 unspecified atom stereocenters. The highest BCUT2D eigenvalue weighted by atomic mass is 16.5. The Labute approximate surface area is 343 Å². The van der Waals surface area contributed by atoms with Crippen LogP contribution in [0.4, 0.5) is 0 Å². The van der Waals surface area contributed by atoms with Gasteiger partial charge in [0.25, 0.3) is 5.91 Å². The van der Waals surface area contributed by atoms with Gasteiger partial charge in [-0.3, -0.25) is 19.2 Å². The molecule has 2 amide bonds. The summed E-state index contributed by atoms with van der Waals surface area (Å²) in [5.41, 5.74) is 1.68. The predicted octanol–water partition coefficient (Wildman–Crippen LogP) is 7.13. The number of nitrogens with zero attached hydrogens (tertiary/aromatic N) is 1. The molecule has 4 N–H and O–H groups in total. The fraction of sp³-hybridized carbons (Fsp3) is 0.702. The average molecular weight is 799 g/mol. The third-order valence-corrected chi connectivity index (χ3v) is 16.7. The first kappa shape index (κ1) is 42.3. The van der Waals surface area contributed by atoms with Crippen LogP contribution in [0.3, 0.4) is 0 Å². The van der Waals surface area contributed by atoms with Crippen LogP contribution >= 0.6 is 0 Å². The number of Topliss-reactive ketones (excluding diaryl/α,β-unsaturated/α-hetero) is 1. The molecule has 316 valence electrons. The monoisotopic (exact) mass is 798 g/mol. The van der Waals surface area contributed by atoms with Crippen molar-refractivity contribution in [1.29, 1.82) is 0 Å². The second kappa shape index (κ2) is 15.3. The van der Waals surface area contributed by atoms with Crippen molar-refractivity contribution in [1.82, 2.24) is 20.6 Å². The predicted molar refractivity (Wildman–Crippen MR) is 221 cm³/mol. The molecule has 2 aromatic rings. The van der Waals surface area contributed by atoms with Gasteiger partial charge in [-0.1, -0.05) is 53.7 Å². The lowest BCUT2D eigenvalue weighted by Gasteiger charge is -2.67. The molecule has 12 atom stereocenters. The summed E-state index contributed by atoms with van der Waals surface area (Å²) < 4.78 is 6.27. The third kappa shape index (κ3) is 6.66. The Morgan fingerprint density at radius 1 is 0.966 bits per heavy atom. The molecule has 1 aromatic carbocycles. The number of rotatable bonds is 8. The quantitative estimate of drug-likeness (QED) is 0.162. The zero-order valence-electron chi connectivity index (χ0n) is 36.1. The van der Waals surface area contributed by atoms with Crippen LogP contribution in [0.15, 0.2) is 35.4 Å². The molecule has 0 bridgehead atoms. The van der Waals surface area contributed by atoms with E-state index >= 15 is 0 Å². The first-order valence-corrected chi connectivity index (χ1v) is 21.9. The maximum atomic E-state index is 14.3. The Morgan fingerprint density at radius 3 is 2.31 bits per heavy atom. The number of hydrogen-bond donors (Lipinski definition) is 4. The Morgan fingerprint density at radius 2 is 1.64 bits per heavy atom. The number of aromatic nitrogens is 2. The number of benzene rings is 1. The number of esters is 1. The van der Waals surface area contributed by atoms with Crippen molar-refractivity contribution in [3.05, 3.63) is 41.2 Å². The average Bonchev–Trinajstić information content (AvgIpc) is 3.75. The van der Waals surface area contributed by atoms with Crippen LogP contribution < -0.4 is 10.6 Å². The lowest BCUT2D eigenvalue weighted by atomic mass is 9.38. The van der Waals surface area contributed by atoms with E-state index in [0.29, 0.717) is 36.1 Å². The summed E-state index contributed by atoms with van der Waals surface area (Å²) in [7, 11) is 1.00. The number of amides is 2.